The first kappa shape index (κ1) is 11.5. The van der Waals surface area contributed by atoms with Crippen molar-refractivity contribution in [2.45, 2.75) is 13.8 Å². The highest BCUT2D eigenvalue weighted by molar-refractivity contribution is 5.58. The molecule has 0 aromatic carbocycles. The summed E-state index contributed by atoms with van der Waals surface area (Å²) in [6, 6.07) is 0. The highest BCUT2D eigenvalue weighted by Gasteiger charge is 2.09. The van der Waals surface area contributed by atoms with Gasteiger partial charge in [-0.2, -0.15) is 0 Å². The molecule has 0 aromatic rings. The van der Waals surface area contributed by atoms with E-state index in [-0.39, 0.29) is 0 Å². The van der Waals surface area contributed by atoms with Gasteiger partial charge in [0.25, 0.3) is 0 Å². The minimum Gasteiger partial charge on any atom is -0.395 e. The minimum absolute atomic E-state index is 0.457. The Kier molecular flexibility index (Phi) is 5.56. The molecule has 4 nitrogen and oxygen atoms in total. The SMILES string of the molecule is CC(C)/C=N/OCCN1CCOCC1. The van der Waals surface area contributed by atoms with E-state index >= 15 is 0 Å². The van der Waals surface area contributed by atoms with Crippen molar-refractivity contribution < 1.29 is 9.57 Å². The van der Waals surface area contributed by atoms with Gasteiger partial charge in [-0.3, -0.25) is 4.90 Å². The molecular weight excluding hydrogens is 180 g/mol. The standard InChI is InChI=1S/C10H20N2O2/c1-10(2)9-11-14-8-5-12-3-6-13-7-4-12/h9-10H,3-8H2,1-2H3/b11-9+. The van der Waals surface area contributed by atoms with Crippen LogP contribution >= 0.6 is 0 Å². The molecule has 0 atom stereocenters. The Morgan fingerprint density at radius 1 is 1.43 bits per heavy atom. The van der Waals surface area contributed by atoms with Crippen LogP contribution in [0.15, 0.2) is 5.16 Å². The van der Waals surface area contributed by atoms with Crippen molar-refractivity contribution >= 4 is 6.21 Å². The van der Waals surface area contributed by atoms with Crippen LogP contribution in [0.5, 0.6) is 0 Å². The molecule has 1 heterocycles. The number of oxime groups is 1. The van der Waals surface area contributed by atoms with Gasteiger partial charge in [-0.15, -0.1) is 0 Å². The summed E-state index contributed by atoms with van der Waals surface area (Å²) in [4.78, 5) is 7.46. The molecule has 82 valence electrons. The Hall–Kier alpha value is -0.610. The fourth-order valence-electron chi connectivity index (χ4n) is 1.21. The van der Waals surface area contributed by atoms with Crippen LogP contribution in [0.2, 0.25) is 0 Å². The van der Waals surface area contributed by atoms with Crippen LogP contribution in [0.3, 0.4) is 0 Å². The van der Waals surface area contributed by atoms with Gasteiger partial charge in [0.1, 0.15) is 6.61 Å². The summed E-state index contributed by atoms with van der Waals surface area (Å²) < 4.78 is 5.25. The van der Waals surface area contributed by atoms with Gasteiger partial charge >= 0.3 is 0 Å². The molecule has 0 saturated carbocycles. The number of morpholine rings is 1. The van der Waals surface area contributed by atoms with Gasteiger partial charge in [0, 0.05) is 25.8 Å². The van der Waals surface area contributed by atoms with E-state index in [0.29, 0.717) is 12.5 Å². The highest BCUT2D eigenvalue weighted by atomic mass is 16.6. The molecule has 1 fully saturated rings. The summed E-state index contributed by atoms with van der Waals surface area (Å²) in [7, 11) is 0. The fourth-order valence-corrected chi connectivity index (χ4v) is 1.21. The average molecular weight is 200 g/mol. The molecule has 0 radical (unpaired) electrons. The molecule has 0 unspecified atom stereocenters. The average Bonchev–Trinajstić information content (AvgIpc) is 2.18. The largest absolute Gasteiger partial charge is 0.395 e. The van der Waals surface area contributed by atoms with Crippen molar-refractivity contribution in [3.8, 4) is 0 Å². The van der Waals surface area contributed by atoms with Gasteiger partial charge in [-0.05, 0) is 5.92 Å². The smallest absolute Gasteiger partial charge is 0.129 e. The van der Waals surface area contributed by atoms with Crippen molar-refractivity contribution in [1.29, 1.82) is 0 Å². The second-order valence-electron chi connectivity index (χ2n) is 3.79. The van der Waals surface area contributed by atoms with Crippen LogP contribution in [0.4, 0.5) is 0 Å². The van der Waals surface area contributed by atoms with E-state index in [4.69, 9.17) is 9.57 Å². The maximum atomic E-state index is 5.25. The van der Waals surface area contributed by atoms with E-state index < -0.39 is 0 Å². The first-order valence-corrected chi connectivity index (χ1v) is 5.24. The van der Waals surface area contributed by atoms with E-state index in [1.807, 2.05) is 6.21 Å². The maximum Gasteiger partial charge on any atom is 0.129 e. The molecule has 1 rings (SSSR count). The number of ether oxygens (including phenoxy) is 1. The second-order valence-corrected chi connectivity index (χ2v) is 3.79. The van der Waals surface area contributed by atoms with Gasteiger partial charge in [0.15, 0.2) is 0 Å². The predicted octanol–water partition coefficient (Wildman–Crippen LogP) is 0.977. The summed E-state index contributed by atoms with van der Waals surface area (Å²) in [5.41, 5.74) is 0. The number of hydrogen-bond acceptors (Lipinski definition) is 4. The van der Waals surface area contributed by atoms with Crippen molar-refractivity contribution in [2.24, 2.45) is 11.1 Å². The van der Waals surface area contributed by atoms with Crippen molar-refractivity contribution in [3.05, 3.63) is 0 Å². The molecule has 1 aliphatic heterocycles. The molecule has 1 saturated heterocycles. The zero-order valence-corrected chi connectivity index (χ0v) is 9.11. The molecule has 14 heavy (non-hydrogen) atoms. The minimum atomic E-state index is 0.457. The molecule has 0 aromatic heterocycles. The Balaban J connectivity index is 1.97. The third kappa shape index (κ3) is 5.19. The lowest BCUT2D eigenvalue weighted by molar-refractivity contribution is 0.0212. The van der Waals surface area contributed by atoms with Gasteiger partial charge in [0.2, 0.25) is 0 Å². The van der Waals surface area contributed by atoms with Gasteiger partial charge in [-0.25, -0.2) is 0 Å². The third-order valence-electron chi connectivity index (χ3n) is 2.04. The zero-order valence-electron chi connectivity index (χ0n) is 9.11. The van der Waals surface area contributed by atoms with Crippen LogP contribution in [0.25, 0.3) is 0 Å². The summed E-state index contributed by atoms with van der Waals surface area (Å²) in [6.45, 7) is 9.48. The Bertz CT molecular complexity index is 166. The second kappa shape index (κ2) is 6.79. The molecule has 0 N–H and O–H groups in total. The number of rotatable bonds is 5. The number of hydrogen-bond donors (Lipinski definition) is 0. The molecule has 0 amide bonds. The zero-order chi connectivity index (χ0) is 10.2. The Morgan fingerprint density at radius 3 is 2.79 bits per heavy atom. The third-order valence-corrected chi connectivity index (χ3v) is 2.04. The van der Waals surface area contributed by atoms with E-state index in [1.54, 1.807) is 0 Å². The topological polar surface area (TPSA) is 34.1 Å². The van der Waals surface area contributed by atoms with Gasteiger partial charge in [-0.1, -0.05) is 19.0 Å². The normalized spacial score (nSPS) is 19.4. The molecule has 0 spiro atoms. The van der Waals surface area contributed by atoms with E-state index in [1.165, 1.54) is 0 Å². The first-order chi connectivity index (χ1) is 6.79. The van der Waals surface area contributed by atoms with Crippen LogP contribution in [-0.2, 0) is 9.57 Å². The maximum absolute atomic E-state index is 5.25. The van der Waals surface area contributed by atoms with Crippen LogP contribution in [-0.4, -0.2) is 50.6 Å². The Labute approximate surface area is 85.9 Å². The monoisotopic (exact) mass is 200 g/mol. The lowest BCUT2D eigenvalue weighted by Crippen LogP contribution is -2.38. The molecule has 1 aliphatic rings. The fraction of sp³-hybridized carbons (Fsp3) is 0.900. The molecule has 0 aliphatic carbocycles. The highest BCUT2D eigenvalue weighted by Crippen LogP contribution is 1.96. The summed E-state index contributed by atoms with van der Waals surface area (Å²) in [6.07, 6.45) is 1.82. The van der Waals surface area contributed by atoms with E-state index in [2.05, 4.69) is 23.9 Å². The number of nitrogens with zero attached hydrogens (tertiary/aromatic N) is 2. The molecule has 0 bridgehead atoms. The van der Waals surface area contributed by atoms with E-state index in [0.717, 1.165) is 32.8 Å². The van der Waals surface area contributed by atoms with Crippen LogP contribution in [0.1, 0.15) is 13.8 Å². The van der Waals surface area contributed by atoms with Crippen molar-refractivity contribution in [3.63, 3.8) is 0 Å². The van der Waals surface area contributed by atoms with Gasteiger partial charge < -0.3 is 9.57 Å². The van der Waals surface area contributed by atoms with Crippen LogP contribution < -0.4 is 0 Å². The Morgan fingerprint density at radius 2 is 2.14 bits per heavy atom. The summed E-state index contributed by atoms with van der Waals surface area (Å²) >= 11 is 0. The van der Waals surface area contributed by atoms with Gasteiger partial charge in [0.05, 0.1) is 13.2 Å². The lowest BCUT2D eigenvalue weighted by Gasteiger charge is -2.25. The van der Waals surface area contributed by atoms with Crippen molar-refractivity contribution in [2.75, 3.05) is 39.5 Å². The lowest BCUT2D eigenvalue weighted by atomic mass is 10.3. The molecule has 4 heteroatoms. The predicted molar refractivity (Wildman–Crippen MR) is 56.5 cm³/mol. The quantitative estimate of drug-likeness (QED) is 0.377. The first-order valence-electron chi connectivity index (χ1n) is 5.24. The summed E-state index contributed by atoms with van der Waals surface area (Å²) in [5.74, 6) is 0.457. The van der Waals surface area contributed by atoms with E-state index in [9.17, 15) is 0 Å². The molecular formula is C10H20N2O2. The van der Waals surface area contributed by atoms with Crippen LogP contribution in [0, 0.1) is 5.92 Å². The summed E-state index contributed by atoms with van der Waals surface area (Å²) in [5, 5.41) is 3.87. The van der Waals surface area contributed by atoms with Crippen molar-refractivity contribution in [1.82, 2.24) is 4.90 Å².